The first-order chi connectivity index (χ1) is 12.0. The number of carbonyl (C=O) groups is 1. The van der Waals surface area contributed by atoms with Gasteiger partial charge in [0, 0.05) is 29.9 Å². The number of anilines is 1. The maximum atomic E-state index is 12.4. The normalized spacial score (nSPS) is 12.2. The van der Waals surface area contributed by atoms with E-state index in [0.717, 1.165) is 22.0 Å². The Bertz CT molecular complexity index is 870. The minimum absolute atomic E-state index is 0.107. The van der Waals surface area contributed by atoms with E-state index in [0.29, 0.717) is 10.3 Å². The number of pyridine rings is 1. The van der Waals surface area contributed by atoms with Gasteiger partial charge in [-0.2, -0.15) is 0 Å². The molecule has 9 heteroatoms. The molecule has 1 atom stereocenters. The number of amides is 1. The second-order valence-corrected chi connectivity index (χ2v) is 8.03. The molecule has 0 unspecified atom stereocenters. The molecule has 1 N–H and O–H groups in total. The number of carbonyl (C=O) groups excluding carboxylic acids is 1. The van der Waals surface area contributed by atoms with Crippen LogP contribution in [0.2, 0.25) is 0 Å². The summed E-state index contributed by atoms with van der Waals surface area (Å²) in [6.45, 7) is 5.76. The molecule has 0 spiro atoms. The number of rotatable bonds is 5. The van der Waals surface area contributed by atoms with Crippen molar-refractivity contribution < 1.29 is 4.79 Å². The molecule has 25 heavy (non-hydrogen) atoms. The van der Waals surface area contributed by atoms with Crippen molar-refractivity contribution >= 4 is 34.1 Å². The Morgan fingerprint density at radius 1 is 1.36 bits per heavy atom. The van der Waals surface area contributed by atoms with Gasteiger partial charge in [-0.15, -0.1) is 21.5 Å². The quantitative estimate of drug-likeness (QED) is 0.691. The number of nitrogens with zero attached hydrogens (tertiary/aromatic N) is 5. The molecule has 3 aromatic rings. The molecule has 3 heterocycles. The number of aryl methyl sites for hydroxylation is 2. The molecule has 7 nitrogen and oxygen atoms in total. The van der Waals surface area contributed by atoms with E-state index < -0.39 is 0 Å². The van der Waals surface area contributed by atoms with E-state index in [-0.39, 0.29) is 11.2 Å². The van der Waals surface area contributed by atoms with Crippen molar-refractivity contribution in [2.24, 2.45) is 7.05 Å². The Labute approximate surface area is 153 Å². The van der Waals surface area contributed by atoms with Crippen LogP contribution in [0, 0.1) is 13.8 Å². The average molecular weight is 374 g/mol. The van der Waals surface area contributed by atoms with Crippen LogP contribution >= 0.6 is 23.1 Å². The first kappa shape index (κ1) is 17.6. The molecule has 0 saturated carbocycles. The van der Waals surface area contributed by atoms with Gasteiger partial charge in [-0.1, -0.05) is 11.8 Å². The number of aromatic nitrogens is 5. The van der Waals surface area contributed by atoms with Crippen LogP contribution in [0.1, 0.15) is 17.5 Å². The van der Waals surface area contributed by atoms with Crippen molar-refractivity contribution in [2.45, 2.75) is 31.2 Å². The van der Waals surface area contributed by atoms with E-state index in [4.69, 9.17) is 0 Å². The summed E-state index contributed by atoms with van der Waals surface area (Å²) in [7, 11) is 1.88. The molecule has 0 fully saturated rings. The molecule has 1 amide bonds. The van der Waals surface area contributed by atoms with Crippen LogP contribution in [-0.4, -0.2) is 35.9 Å². The third-order valence-electron chi connectivity index (χ3n) is 3.66. The minimum Gasteiger partial charge on any atom is -0.305 e. The Kier molecular flexibility index (Phi) is 5.14. The summed E-state index contributed by atoms with van der Waals surface area (Å²) in [5.41, 5.74) is 1.82. The molecular formula is C16H18N6OS2. The highest BCUT2D eigenvalue weighted by atomic mass is 32.2. The number of nitrogens with one attached hydrogen (secondary N) is 1. The van der Waals surface area contributed by atoms with Gasteiger partial charge in [-0.05, 0) is 32.9 Å². The molecule has 3 rings (SSSR count). The largest absolute Gasteiger partial charge is 0.305 e. The monoisotopic (exact) mass is 374 g/mol. The van der Waals surface area contributed by atoms with Gasteiger partial charge in [0.25, 0.3) is 0 Å². The van der Waals surface area contributed by atoms with E-state index >= 15 is 0 Å². The van der Waals surface area contributed by atoms with Crippen LogP contribution < -0.4 is 5.32 Å². The third kappa shape index (κ3) is 3.88. The smallest absolute Gasteiger partial charge is 0.239 e. The van der Waals surface area contributed by atoms with E-state index in [2.05, 4.69) is 25.5 Å². The highest BCUT2D eigenvalue weighted by Crippen LogP contribution is 2.27. The van der Waals surface area contributed by atoms with Gasteiger partial charge >= 0.3 is 0 Å². The maximum Gasteiger partial charge on any atom is 0.239 e. The highest BCUT2D eigenvalue weighted by molar-refractivity contribution is 8.00. The first-order valence-corrected chi connectivity index (χ1v) is 9.36. The predicted molar refractivity (Wildman–Crippen MR) is 99.8 cm³/mol. The Hall–Kier alpha value is -2.26. The molecule has 0 saturated heterocycles. The summed E-state index contributed by atoms with van der Waals surface area (Å²) >= 11 is 2.84. The van der Waals surface area contributed by atoms with E-state index in [1.807, 2.05) is 44.5 Å². The van der Waals surface area contributed by atoms with Gasteiger partial charge in [0.2, 0.25) is 5.91 Å². The number of hydrogen-bond acceptors (Lipinski definition) is 7. The lowest BCUT2D eigenvalue weighted by molar-refractivity contribution is -0.115. The Morgan fingerprint density at radius 3 is 2.80 bits per heavy atom. The average Bonchev–Trinajstić information content (AvgIpc) is 3.11. The van der Waals surface area contributed by atoms with Crippen LogP contribution in [0.15, 0.2) is 29.7 Å². The molecule has 130 valence electrons. The van der Waals surface area contributed by atoms with Crippen molar-refractivity contribution in [1.29, 1.82) is 0 Å². The Balaban J connectivity index is 1.69. The SMILES string of the molecule is Cc1nc(NC(=O)[C@H](C)Sc2nnc(-c3cccnc3)n2C)sc1C. The van der Waals surface area contributed by atoms with Crippen LogP contribution in [-0.2, 0) is 11.8 Å². The van der Waals surface area contributed by atoms with Crippen LogP contribution in [0.25, 0.3) is 11.4 Å². The number of thioether (sulfide) groups is 1. The second-order valence-electron chi connectivity index (χ2n) is 5.52. The molecule has 3 aromatic heterocycles. The predicted octanol–water partition coefficient (Wildman–Crippen LogP) is 3.07. The van der Waals surface area contributed by atoms with Crippen molar-refractivity contribution in [2.75, 3.05) is 5.32 Å². The van der Waals surface area contributed by atoms with Crippen molar-refractivity contribution in [3.05, 3.63) is 35.1 Å². The van der Waals surface area contributed by atoms with Gasteiger partial charge in [0.15, 0.2) is 16.1 Å². The standard InChI is InChI=1S/C16H18N6OS2/c1-9-10(2)24-15(18-9)19-14(23)11(3)25-16-21-20-13(22(16)4)12-6-5-7-17-8-12/h5-8,11H,1-4H3,(H,18,19,23)/t11-/m0/s1. The Morgan fingerprint density at radius 2 is 2.16 bits per heavy atom. The van der Waals surface area contributed by atoms with E-state index in [9.17, 15) is 4.79 Å². The minimum atomic E-state index is -0.325. The molecular weight excluding hydrogens is 356 g/mol. The van der Waals surface area contributed by atoms with Crippen LogP contribution in [0.3, 0.4) is 0 Å². The summed E-state index contributed by atoms with van der Waals surface area (Å²) in [5.74, 6) is 0.610. The summed E-state index contributed by atoms with van der Waals surface area (Å²) in [4.78, 5) is 21.9. The number of thiazole rings is 1. The van der Waals surface area contributed by atoms with Gasteiger partial charge in [-0.25, -0.2) is 4.98 Å². The molecule has 0 aliphatic rings. The van der Waals surface area contributed by atoms with E-state index in [1.165, 1.54) is 23.1 Å². The molecule has 0 radical (unpaired) electrons. The summed E-state index contributed by atoms with van der Waals surface area (Å²) in [6.07, 6.45) is 3.45. The fourth-order valence-electron chi connectivity index (χ4n) is 2.11. The number of hydrogen-bond donors (Lipinski definition) is 1. The lowest BCUT2D eigenvalue weighted by Crippen LogP contribution is -2.22. The van der Waals surface area contributed by atoms with Gasteiger partial charge < -0.3 is 9.88 Å². The zero-order chi connectivity index (χ0) is 18.0. The van der Waals surface area contributed by atoms with Gasteiger partial charge in [0.05, 0.1) is 10.9 Å². The highest BCUT2D eigenvalue weighted by Gasteiger charge is 2.20. The fraction of sp³-hybridized carbons (Fsp3) is 0.312. The zero-order valence-electron chi connectivity index (χ0n) is 14.3. The topological polar surface area (TPSA) is 85.6 Å². The van der Waals surface area contributed by atoms with Gasteiger partial charge in [-0.3, -0.25) is 9.78 Å². The van der Waals surface area contributed by atoms with Crippen molar-refractivity contribution in [1.82, 2.24) is 24.7 Å². The van der Waals surface area contributed by atoms with Crippen LogP contribution in [0.4, 0.5) is 5.13 Å². The van der Waals surface area contributed by atoms with Crippen molar-refractivity contribution in [3.8, 4) is 11.4 Å². The van der Waals surface area contributed by atoms with Gasteiger partial charge in [0.1, 0.15) is 0 Å². The van der Waals surface area contributed by atoms with Crippen LogP contribution in [0.5, 0.6) is 0 Å². The first-order valence-electron chi connectivity index (χ1n) is 7.67. The maximum absolute atomic E-state index is 12.4. The summed E-state index contributed by atoms with van der Waals surface area (Å²) < 4.78 is 1.86. The van der Waals surface area contributed by atoms with Crippen molar-refractivity contribution in [3.63, 3.8) is 0 Å². The lowest BCUT2D eigenvalue weighted by Gasteiger charge is -2.10. The second kappa shape index (κ2) is 7.32. The third-order valence-corrected chi connectivity index (χ3v) is 5.79. The molecule has 0 aliphatic heterocycles. The molecule has 0 aliphatic carbocycles. The lowest BCUT2D eigenvalue weighted by atomic mass is 10.3. The fourth-order valence-corrected chi connectivity index (χ4v) is 3.74. The summed E-state index contributed by atoms with van der Waals surface area (Å²) in [6, 6.07) is 3.78. The zero-order valence-corrected chi connectivity index (χ0v) is 16.0. The summed E-state index contributed by atoms with van der Waals surface area (Å²) in [5, 5.41) is 12.2. The van der Waals surface area contributed by atoms with E-state index in [1.54, 1.807) is 12.4 Å². The molecule has 0 aromatic carbocycles. The molecule has 0 bridgehead atoms.